The molecule has 0 aliphatic carbocycles. The van der Waals surface area contributed by atoms with Gasteiger partial charge in [0, 0.05) is 44.1 Å². The van der Waals surface area contributed by atoms with Gasteiger partial charge in [-0.3, -0.25) is 14.7 Å². The van der Waals surface area contributed by atoms with Gasteiger partial charge < -0.3 is 10.1 Å². The number of hydrogen-bond acceptors (Lipinski definition) is 5. The normalized spacial score (nSPS) is 16.0. The second kappa shape index (κ2) is 9.01. The zero-order valence-corrected chi connectivity index (χ0v) is 15.2. The lowest BCUT2D eigenvalue weighted by atomic mass is 10.0. The summed E-state index contributed by atoms with van der Waals surface area (Å²) in [6, 6.07) is 8.16. The number of rotatable bonds is 6. The Kier molecular flexibility index (Phi) is 6.45. The molecular weight excluding hydrogens is 373 g/mol. The maximum atomic E-state index is 12.4. The van der Waals surface area contributed by atoms with Crippen molar-refractivity contribution < 1.29 is 22.7 Å². The van der Waals surface area contributed by atoms with E-state index in [2.05, 4.69) is 24.9 Å². The molecule has 0 bridgehead atoms. The monoisotopic (exact) mass is 394 g/mol. The number of amides is 1. The van der Waals surface area contributed by atoms with E-state index in [1.807, 2.05) is 12.1 Å². The first-order chi connectivity index (χ1) is 13.4. The van der Waals surface area contributed by atoms with E-state index >= 15 is 0 Å². The maximum absolute atomic E-state index is 12.4. The van der Waals surface area contributed by atoms with Crippen LogP contribution in [0, 0.1) is 0 Å². The Labute approximate surface area is 160 Å². The Bertz CT molecular complexity index is 778. The molecule has 1 fully saturated rings. The molecule has 150 valence electrons. The molecule has 28 heavy (non-hydrogen) atoms. The molecule has 9 heteroatoms. The molecular formula is C19H21F3N4O2. The number of carbonyl (C=O) groups is 1. The highest BCUT2D eigenvalue weighted by molar-refractivity contribution is 5.92. The molecule has 0 radical (unpaired) electrons. The van der Waals surface area contributed by atoms with Crippen LogP contribution in [0.1, 0.15) is 28.9 Å². The molecule has 3 heterocycles. The van der Waals surface area contributed by atoms with Gasteiger partial charge in [0.05, 0.1) is 0 Å². The molecule has 1 aliphatic heterocycles. The van der Waals surface area contributed by atoms with E-state index in [0.29, 0.717) is 0 Å². The molecule has 0 spiro atoms. The number of nitrogens with one attached hydrogen (secondary N) is 1. The van der Waals surface area contributed by atoms with Gasteiger partial charge in [-0.1, -0.05) is 6.07 Å². The summed E-state index contributed by atoms with van der Waals surface area (Å²) in [5.41, 5.74) is 1.23. The van der Waals surface area contributed by atoms with Crippen LogP contribution >= 0.6 is 0 Å². The number of pyridine rings is 2. The molecule has 0 unspecified atom stereocenters. The second-order valence-corrected chi connectivity index (χ2v) is 6.64. The summed E-state index contributed by atoms with van der Waals surface area (Å²) in [5.74, 6) is -0.637. The van der Waals surface area contributed by atoms with E-state index in [0.717, 1.165) is 32.5 Å². The summed E-state index contributed by atoms with van der Waals surface area (Å²) in [4.78, 5) is 22.5. The predicted octanol–water partition coefficient (Wildman–Crippen LogP) is 2.81. The Morgan fingerprint density at radius 1 is 1.18 bits per heavy atom. The SMILES string of the molecule is O=C(NC1CCN(Cc2ccncc2)CC1)c1cccc(OCC(F)(F)F)n1. The first-order valence-corrected chi connectivity index (χ1v) is 8.98. The molecule has 0 atom stereocenters. The highest BCUT2D eigenvalue weighted by Gasteiger charge is 2.29. The van der Waals surface area contributed by atoms with Crippen LogP contribution in [0.5, 0.6) is 5.88 Å². The number of halogens is 3. The Morgan fingerprint density at radius 2 is 1.89 bits per heavy atom. The first kappa shape index (κ1) is 20.1. The molecule has 0 aromatic carbocycles. The molecule has 2 aromatic rings. The van der Waals surface area contributed by atoms with E-state index in [1.54, 1.807) is 12.4 Å². The van der Waals surface area contributed by atoms with E-state index < -0.39 is 18.7 Å². The van der Waals surface area contributed by atoms with Gasteiger partial charge in [-0.15, -0.1) is 0 Å². The van der Waals surface area contributed by atoms with Crippen LogP contribution in [-0.4, -0.2) is 52.7 Å². The molecule has 0 saturated carbocycles. The number of likely N-dealkylation sites (tertiary alicyclic amines) is 1. The third kappa shape index (κ3) is 6.19. The summed E-state index contributed by atoms with van der Waals surface area (Å²) in [7, 11) is 0. The van der Waals surface area contributed by atoms with Gasteiger partial charge in [0.25, 0.3) is 5.91 Å². The smallest absolute Gasteiger partial charge is 0.422 e. The van der Waals surface area contributed by atoms with Gasteiger partial charge in [-0.2, -0.15) is 13.2 Å². The first-order valence-electron chi connectivity index (χ1n) is 8.98. The average molecular weight is 394 g/mol. The van der Waals surface area contributed by atoms with Crippen LogP contribution in [0.25, 0.3) is 0 Å². The van der Waals surface area contributed by atoms with Gasteiger partial charge >= 0.3 is 6.18 Å². The minimum Gasteiger partial charge on any atom is -0.468 e. The van der Waals surface area contributed by atoms with E-state index in [1.165, 1.54) is 23.8 Å². The quantitative estimate of drug-likeness (QED) is 0.816. The van der Waals surface area contributed by atoms with Gasteiger partial charge in [0.1, 0.15) is 5.69 Å². The van der Waals surface area contributed by atoms with Crippen molar-refractivity contribution in [1.29, 1.82) is 0 Å². The van der Waals surface area contributed by atoms with Crippen LogP contribution in [0.4, 0.5) is 13.2 Å². The van der Waals surface area contributed by atoms with E-state index in [4.69, 9.17) is 0 Å². The van der Waals surface area contributed by atoms with Crippen molar-refractivity contribution in [3.63, 3.8) is 0 Å². The average Bonchev–Trinajstić information content (AvgIpc) is 2.68. The molecule has 3 rings (SSSR count). The fourth-order valence-corrected chi connectivity index (χ4v) is 3.02. The molecule has 6 nitrogen and oxygen atoms in total. The van der Waals surface area contributed by atoms with Crippen molar-refractivity contribution >= 4 is 5.91 Å². The van der Waals surface area contributed by atoms with Gasteiger partial charge in [0.15, 0.2) is 6.61 Å². The minimum atomic E-state index is -4.45. The third-order valence-electron chi connectivity index (χ3n) is 4.42. The van der Waals surface area contributed by atoms with E-state index in [-0.39, 0.29) is 17.6 Å². The fraction of sp³-hybridized carbons (Fsp3) is 0.421. The zero-order chi connectivity index (χ0) is 20.0. The highest BCUT2D eigenvalue weighted by atomic mass is 19.4. The van der Waals surface area contributed by atoms with Crippen molar-refractivity contribution in [1.82, 2.24) is 20.2 Å². The standard InChI is InChI=1S/C19H21F3N4O2/c20-19(21,22)13-28-17-3-1-2-16(25-17)18(27)24-15-6-10-26(11-7-15)12-14-4-8-23-9-5-14/h1-5,8-9,15H,6-7,10-13H2,(H,24,27). The lowest BCUT2D eigenvalue weighted by Crippen LogP contribution is -2.44. The molecule has 1 amide bonds. The molecule has 2 aromatic heterocycles. The third-order valence-corrected chi connectivity index (χ3v) is 4.42. The fourth-order valence-electron chi connectivity index (χ4n) is 3.02. The number of ether oxygens (including phenoxy) is 1. The van der Waals surface area contributed by atoms with Crippen LogP contribution < -0.4 is 10.1 Å². The number of piperidine rings is 1. The second-order valence-electron chi connectivity index (χ2n) is 6.64. The number of carbonyl (C=O) groups excluding carboxylic acids is 1. The lowest BCUT2D eigenvalue weighted by Gasteiger charge is -2.32. The van der Waals surface area contributed by atoms with Gasteiger partial charge in [0.2, 0.25) is 5.88 Å². The van der Waals surface area contributed by atoms with E-state index in [9.17, 15) is 18.0 Å². The van der Waals surface area contributed by atoms with Crippen molar-refractivity contribution in [3.05, 3.63) is 54.0 Å². The van der Waals surface area contributed by atoms with Gasteiger partial charge in [-0.05, 0) is 36.6 Å². The Balaban J connectivity index is 1.48. The number of aromatic nitrogens is 2. The summed E-state index contributed by atoms with van der Waals surface area (Å²) in [5, 5.41) is 2.90. The topological polar surface area (TPSA) is 67.4 Å². The number of alkyl halides is 3. The van der Waals surface area contributed by atoms with Crippen molar-refractivity contribution in [2.24, 2.45) is 0 Å². The van der Waals surface area contributed by atoms with Crippen LogP contribution in [0.15, 0.2) is 42.7 Å². The molecule has 1 aliphatic rings. The molecule has 1 N–H and O–H groups in total. The van der Waals surface area contributed by atoms with Crippen LogP contribution in [0.2, 0.25) is 0 Å². The maximum Gasteiger partial charge on any atom is 0.422 e. The summed E-state index contributed by atoms with van der Waals surface area (Å²) in [6.45, 7) is 1.08. The number of nitrogens with zero attached hydrogens (tertiary/aromatic N) is 3. The Morgan fingerprint density at radius 3 is 2.57 bits per heavy atom. The van der Waals surface area contributed by atoms with Crippen molar-refractivity contribution in [2.45, 2.75) is 31.6 Å². The predicted molar refractivity (Wildman–Crippen MR) is 95.8 cm³/mol. The van der Waals surface area contributed by atoms with Crippen LogP contribution in [-0.2, 0) is 6.54 Å². The number of hydrogen-bond donors (Lipinski definition) is 1. The van der Waals surface area contributed by atoms with Crippen LogP contribution in [0.3, 0.4) is 0 Å². The molecule has 1 saturated heterocycles. The summed E-state index contributed by atoms with van der Waals surface area (Å²) in [6.07, 6.45) is 0.663. The zero-order valence-electron chi connectivity index (χ0n) is 15.2. The van der Waals surface area contributed by atoms with Crippen molar-refractivity contribution in [2.75, 3.05) is 19.7 Å². The minimum absolute atomic E-state index is 0.00254. The van der Waals surface area contributed by atoms with Crippen molar-refractivity contribution in [3.8, 4) is 5.88 Å². The lowest BCUT2D eigenvalue weighted by molar-refractivity contribution is -0.154. The Hall–Kier alpha value is -2.68. The van der Waals surface area contributed by atoms with Gasteiger partial charge in [-0.25, -0.2) is 4.98 Å². The summed E-state index contributed by atoms with van der Waals surface area (Å²) >= 11 is 0. The summed E-state index contributed by atoms with van der Waals surface area (Å²) < 4.78 is 41.3. The highest BCUT2D eigenvalue weighted by Crippen LogP contribution is 2.18. The largest absolute Gasteiger partial charge is 0.468 e.